The van der Waals surface area contributed by atoms with Crippen LogP contribution >= 0.6 is 0 Å². The summed E-state index contributed by atoms with van der Waals surface area (Å²) < 4.78 is 18.3. The van der Waals surface area contributed by atoms with Gasteiger partial charge < -0.3 is 14.2 Å². The first-order valence-corrected chi connectivity index (χ1v) is 12.4. The molecule has 0 N–H and O–H groups in total. The lowest BCUT2D eigenvalue weighted by molar-refractivity contribution is -0.482. The molecule has 23 heavy (non-hydrogen) atoms. The molecule has 3 heterocycles. The molecule has 4 heteroatoms. The second-order valence-corrected chi connectivity index (χ2v) is 14.4. The highest BCUT2D eigenvalue weighted by Crippen LogP contribution is 2.54. The molecule has 126 valence electrons. The van der Waals surface area contributed by atoms with E-state index < -0.39 is 14.0 Å². The van der Waals surface area contributed by atoms with Crippen molar-refractivity contribution >= 4 is 8.07 Å². The fourth-order valence-corrected chi connectivity index (χ4v) is 4.93. The standard InChI is InChI=1S/C19H28O3Si/c1-14(23(2,3)4)15-5-7-17(8-6-15)19-20-11-18(12-21-19,13-22-19)16-9-10-16/h5-8,14,16H,9-13H2,1-4H3. The molecule has 1 aliphatic carbocycles. The summed E-state index contributed by atoms with van der Waals surface area (Å²) in [5.41, 5.74) is 3.15. The van der Waals surface area contributed by atoms with E-state index in [1.807, 2.05) is 0 Å². The second-order valence-electron chi connectivity index (χ2n) is 8.77. The van der Waals surface area contributed by atoms with E-state index >= 15 is 0 Å². The van der Waals surface area contributed by atoms with Crippen molar-refractivity contribution in [1.29, 1.82) is 0 Å². The summed E-state index contributed by atoms with van der Waals surface area (Å²) in [5, 5.41) is 0. The summed E-state index contributed by atoms with van der Waals surface area (Å²) >= 11 is 0. The van der Waals surface area contributed by atoms with E-state index in [-0.39, 0.29) is 5.41 Å². The van der Waals surface area contributed by atoms with E-state index in [0.717, 1.165) is 31.3 Å². The van der Waals surface area contributed by atoms with E-state index in [1.165, 1.54) is 18.4 Å². The van der Waals surface area contributed by atoms with Gasteiger partial charge in [0.05, 0.1) is 27.9 Å². The number of hydrogen-bond acceptors (Lipinski definition) is 3. The Hall–Kier alpha value is -0.683. The highest BCUT2D eigenvalue weighted by atomic mass is 28.3. The number of hydrogen-bond donors (Lipinski definition) is 0. The SMILES string of the molecule is CC(c1ccc(C23OCC(C4CC4)(CO2)CO3)cc1)[Si](C)(C)C. The largest absolute Gasteiger partial charge is 0.323 e. The Morgan fingerprint density at radius 3 is 1.91 bits per heavy atom. The lowest BCUT2D eigenvalue weighted by Gasteiger charge is -2.52. The fraction of sp³-hybridized carbons (Fsp3) is 0.684. The molecule has 1 aromatic carbocycles. The zero-order valence-electron chi connectivity index (χ0n) is 14.7. The van der Waals surface area contributed by atoms with Gasteiger partial charge in [0.1, 0.15) is 0 Å². The maximum atomic E-state index is 6.09. The normalized spacial score (nSPS) is 35.3. The average Bonchev–Trinajstić information content (AvgIpc) is 3.41. The van der Waals surface area contributed by atoms with Gasteiger partial charge >= 0.3 is 5.97 Å². The molecule has 0 radical (unpaired) electrons. The van der Waals surface area contributed by atoms with Crippen LogP contribution in [0.1, 0.15) is 36.4 Å². The Morgan fingerprint density at radius 2 is 1.48 bits per heavy atom. The predicted molar refractivity (Wildman–Crippen MR) is 92.9 cm³/mol. The highest BCUT2D eigenvalue weighted by molar-refractivity contribution is 6.77. The zero-order chi connectivity index (χ0) is 16.3. The van der Waals surface area contributed by atoms with Gasteiger partial charge in [-0.1, -0.05) is 50.8 Å². The summed E-state index contributed by atoms with van der Waals surface area (Å²) in [6, 6.07) is 8.70. The molecule has 0 amide bonds. The van der Waals surface area contributed by atoms with Crippen LogP contribution in [0.5, 0.6) is 0 Å². The summed E-state index contributed by atoms with van der Waals surface area (Å²) in [4.78, 5) is 0. The van der Waals surface area contributed by atoms with Crippen molar-refractivity contribution in [2.75, 3.05) is 19.8 Å². The van der Waals surface area contributed by atoms with Gasteiger partial charge in [-0.3, -0.25) is 0 Å². The van der Waals surface area contributed by atoms with Gasteiger partial charge in [0.2, 0.25) is 0 Å². The van der Waals surface area contributed by atoms with E-state index in [0.29, 0.717) is 5.54 Å². The van der Waals surface area contributed by atoms with Crippen molar-refractivity contribution in [3.05, 3.63) is 35.4 Å². The van der Waals surface area contributed by atoms with Gasteiger partial charge in [-0.15, -0.1) is 0 Å². The number of rotatable bonds is 4. The maximum absolute atomic E-state index is 6.09. The molecule has 0 aromatic heterocycles. The molecule has 5 rings (SSSR count). The van der Waals surface area contributed by atoms with Gasteiger partial charge in [0.25, 0.3) is 0 Å². The van der Waals surface area contributed by atoms with E-state index in [1.54, 1.807) is 0 Å². The van der Waals surface area contributed by atoms with Crippen molar-refractivity contribution in [2.24, 2.45) is 11.3 Å². The smallest absolute Gasteiger partial charge is 0.312 e. The van der Waals surface area contributed by atoms with Crippen LogP contribution in [0.3, 0.4) is 0 Å². The topological polar surface area (TPSA) is 27.7 Å². The number of ether oxygens (including phenoxy) is 3. The van der Waals surface area contributed by atoms with Crippen LogP contribution in [0.15, 0.2) is 24.3 Å². The molecule has 4 aliphatic rings. The lowest BCUT2D eigenvalue weighted by atomic mass is 9.83. The molecular weight excluding hydrogens is 304 g/mol. The van der Waals surface area contributed by atoms with Gasteiger partial charge in [0.15, 0.2) is 0 Å². The van der Waals surface area contributed by atoms with Crippen molar-refractivity contribution in [2.45, 2.75) is 50.9 Å². The van der Waals surface area contributed by atoms with E-state index in [9.17, 15) is 0 Å². The van der Waals surface area contributed by atoms with E-state index in [2.05, 4.69) is 50.8 Å². The van der Waals surface area contributed by atoms with Gasteiger partial charge in [-0.2, -0.15) is 0 Å². The molecule has 3 saturated heterocycles. The number of benzene rings is 1. The van der Waals surface area contributed by atoms with Crippen molar-refractivity contribution < 1.29 is 14.2 Å². The van der Waals surface area contributed by atoms with Crippen LogP contribution in [-0.4, -0.2) is 27.9 Å². The lowest BCUT2D eigenvalue weighted by Crippen LogP contribution is -2.59. The average molecular weight is 333 g/mol. The van der Waals surface area contributed by atoms with Crippen molar-refractivity contribution in [3.63, 3.8) is 0 Å². The maximum Gasteiger partial charge on any atom is 0.312 e. The molecule has 3 nitrogen and oxygen atoms in total. The monoisotopic (exact) mass is 332 g/mol. The molecule has 1 aromatic rings. The molecule has 1 saturated carbocycles. The first-order chi connectivity index (χ1) is 10.8. The van der Waals surface area contributed by atoms with Crippen LogP contribution in [0.2, 0.25) is 19.6 Å². The van der Waals surface area contributed by atoms with Gasteiger partial charge in [-0.25, -0.2) is 0 Å². The third-order valence-corrected chi connectivity index (χ3v) is 9.09. The summed E-state index contributed by atoms with van der Waals surface area (Å²) in [6.45, 7) is 11.9. The highest BCUT2D eigenvalue weighted by Gasteiger charge is 2.58. The minimum Gasteiger partial charge on any atom is -0.323 e. The van der Waals surface area contributed by atoms with Crippen LogP contribution in [0.25, 0.3) is 0 Å². The Bertz CT molecular complexity index is 561. The fourth-order valence-electron chi connectivity index (χ4n) is 3.74. The Labute approximate surface area is 140 Å². The zero-order valence-corrected chi connectivity index (χ0v) is 15.7. The minimum atomic E-state index is -1.19. The van der Waals surface area contributed by atoms with Crippen LogP contribution < -0.4 is 0 Å². The van der Waals surface area contributed by atoms with Gasteiger partial charge in [-0.05, 0) is 29.9 Å². The molecule has 0 spiro atoms. The molecule has 3 aliphatic heterocycles. The molecule has 4 fully saturated rings. The molecular formula is C19H28O3Si. The minimum absolute atomic E-state index is 0.119. The van der Waals surface area contributed by atoms with E-state index in [4.69, 9.17) is 14.2 Å². The molecule has 2 bridgehead atoms. The Balaban J connectivity index is 1.53. The Morgan fingerprint density at radius 1 is 0.957 bits per heavy atom. The van der Waals surface area contributed by atoms with Crippen LogP contribution in [0, 0.1) is 11.3 Å². The number of fused-ring (bicyclic) bond motifs is 3. The Kier molecular flexibility index (Phi) is 3.55. The third kappa shape index (κ3) is 2.60. The first-order valence-electron chi connectivity index (χ1n) is 8.87. The summed E-state index contributed by atoms with van der Waals surface area (Å²) in [5.74, 6) is -0.224. The third-order valence-electron chi connectivity index (χ3n) is 6.16. The molecule has 1 unspecified atom stereocenters. The van der Waals surface area contributed by atoms with Crippen LogP contribution in [0.4, 0.5) is 0 Å². The second kappa shape index (κ2) is 5.15. The van der Waals surface area contributed by atoms with Crippen LogP contribution in [-0.2, 0) is 20.2 Å². The summed E-state index contributed by atoms with van der Waals surface area (Å²) in [7, 11) is -1.19. The molecule has 1 atom stereocenters. The predicted octanol–water partition coefficient (Wildman–Crippen LogP) is 4.25. The van der Waals surface area contributed by atoms with Crippen molar-refractivity contribution in [1.82, 2.24) is 0 Å². The quantitative estimate of drug-likeness (QED) is 0.772. The van der Waals surface area contributed by atoms with Crippen molar-refractivity contribution in [3.8, 4) is 0 Å². The first kappa shape index (κ1) is 15.8. The summed E-state index contributed by atoms with van der Waals surface area (Å²) in [6.07, 6.45) is 2.60. The van der Waals surface area contributed by atoms with Gasteiger partial charge in [0, 0.05) is 11.0 Å².